The summed E-state index contributed by atoms with van der Waals surface area (Å²) in [6.45, 7) is 2.81. The van der Waals surface area contributed by atoms with E-state index in [9.17, 15) is 18.0 Å². The Hall–Kier alpha value is -2.64. The van der Waals surface area contributed by atoms with Crippen molar-refractivity contribution in [2.75, 3.05) is 23.8 Å². The number of nitrogens with zero attached hydrogens (tertiary/aromatic N) is 3. The van der Waals surface area contributed by atoms with Crippen LogP contribution < -0.4 is 10.2 Å². The minimum absolute atomic E-state index is 0.00696. The van der Waals surface area contributed by atoms with E-state index in [1.54, 1.807) is 0 Å². The standard InChI is InChI=1S/C16H17F3N4O/c1-3-4-7-23(2)13-8-12(20-9-21-13)16(24)22-11-6-5-10(17)14(18)15(11)19/h5-6,8-9H,3-4,7H2,1-2H3,(H,22,24). The van der Waals surface area contributed by atoms with Gasteiger partial charge >= 0.3 is 0 Å². The average molecular weight is 338 g/mol. The van der Waals surface area contributed by atoms with Gasteiger partial charge in [-0.15, -0.1) is 0 Å². The number of carbonyl (C=O) groups excluding carboxylic acids is 1. The third kappa shape index (κ3) is 4.01. The van der Waals surface area contributed by atoms with E-state index in [0.29, 0.717) is 5.82 Å². The van der Waals surface area contributed by atoms with E-state index in [-0.39, 0.29) is 5.69 Å². The Labute approximate surface area is 137 Å². The number of aromatic nitrogens is 2. The smallest absolute Gasteiger partial charge is 0.274 e. The summed E-state index contributed by atoms with van der Waals surface area (Å²) in [7, 11) is 1.83. The summed E-state index contributed by atoms with van der Waals surface area (Å²) < 4.78 is 39.7. The van der Waals surface area contributed by atoms with Gasteiger partial charge in [-0.25, -0.2) is 23.1 Å². The molecule has 0 aliphatic rings. The lowest BCUT2D eigenvalue weighted by molar-refractivity contribution is 0.102. The predicted octanol–water partition coefficient (Wildman–Crippen LogP) is 3.38. The molecule has 0 unspecified atom stereocenters. The molecule has 1 N–H and O–H groups in total. The van der Waals surface area contributed by atoms with Crippen LogP contribution in [0.3, 0.4) is 0 Å². The number of nitrogens with one attached hydrogen (secondary N) is 1. The SMILES string of the molecule is CCCCN(C)c1cc(C(=O)Nc2ccc(F)c(F)c2F)ncn1. The maximum Gasteiger partial charge on any atom is 0.274 e. The molecule has 5 nitrogen and oxygen atoms in total. The largest absolute Gasteiger partial charge is 0.360 e. The summed E-state index contributed by atoms with van der Waals surface area (Å²) in [4.78, 5) is 21.9. The molecule has 0 atom stereocenters. The Morgan fingerprint density at radius 1 is 1.21 bits per heavy atom. The number of anilines is 2. The summed E-state index contributed by atoms with van der Waals surface area (Å²) in [5.74, 6) is -4.64. The van der Waals surface area contributed by atoms with Crippen LogP contribution in [0.2, 0.25) is 0 Å². The van der Waals surface area contributed by atoms with E-state index in [0.717, 1.165) is 31.5 Å². The Bertz CT molecular complexity index is 739. The monoisotopic (exact) mass is 338 g/mol. The number of rotatable bonds is 6. The highest BCUT2D eigenvalue weighted by Crippen LogP contribution is 2.20. The molecule has 2 rings (SSSR count). The second kappa shape index (κ2) is 7.76. The zero-order valence-electron chi connectivity index (χ0n) is 13.3. The fraction of sp³-hybridized carbons (Fsp3) is 0.312. The van der Waals surface area contributed by atoms with Crippen LogP contribution in [0.1, 0.15) is 30.3 Å². The second-order valence-electron chi connectivity index (χ2n) is 5.21. The lowest BCUT2D eigenvalue weighted by Crippen LogP contribution is -2.21. The number of benzene rings is 1. The zero-order valence-corrected chi connectivity index (χ0v) is 13.3. The molecule has 24 heavy (non-hydrogen) atoms. The molecular weight excluding hydrogens is 321 g/mol. The molecule has 8 heteroatoms. The Morgan fingerprint density at radius 3 is 2.67 bits per heavy atom. The van der Waals surface area contributed by atoms with Gasteiger partial charge in [0.05, 0.1) is 5.69 Å². The molecule has 0 spiro atoms. The zero-order chi connectivity index (χ0) is 17.7. The van der Waals surface area contributed by atoms with Gasteiger partial charge in [-0.2, -0.15) is 0 Å². The highest BCUT2D eigenvalue weighted by molar-refractivity contribution is 6.03. The van der Waals surface area contributed by atoms with Crippen LogP contribution in [-0.4, -0.2) is 29.5 Å². The number of carbonyl (C=O) groups is 1. The summed E-state index contributed by atoms with van der Waals surface area (Å²) in [5.41, 5.74) is -0.467. The lowest BCUT2D eigenvalue weighted by Gasteiger charge is -2.17. The first-order valence-corrected chi connectivity index (χ1v) is 7.42. The maximum absolute atomic E-state index is 13.6. The van der Waals surface area contributed by atoms with Crippen molar-refractivity contribution in [2.24, 2.45) is 0 Å². The highest BCUT2D eigenvalue weighted by Gasteiger charge is 2.17. The van der Waals surface area contributed by atoms with Crippen LogP contribution in [0.4, 0.5) is 24.7 Å². The number of hydrogen-bond acceptors (Lipinski definition) is 4. The molecular formula is C16H17F3N4O. The number of halogens is 3. The molecule has 1 heterocycles. The molecule has 0 fully saturated rings. The van der Waals surface area contributed by atoms with Crippen molar-refractivity contribution in [3.63, 3.8) is 0 Å². The van der Waals surface area contributed by atoms with Crippen LogP contribution in [0.25, 0.3) is 0 Å². The summed E-state index contributed by atoms with van der Waals surface area (Å²) in [6, 6.07) is 3.13. The minimum atomic E-state index is -1.64. The molecule has 1 amide bonds. The summed E-state index contributed by atoms with van der Waals surface area (Å²) in [5, 5.41) is 2.17. The Morgan fingerprint density at radius 2 is 1.96 bits per heavy atom. The van der Waals surface area contributed by atoms with Crippen molar-refractivity contribution in [2.45, 2.75) is 19.8 Å². The topological polar surface area (TPSA) is 58.1 Å². The molecule has 1 aromatic carbocycles. The third-order valence-corrected chi connectivity index (χ3v) is 3.41. The predicted molar refractivity (Wildman–Crippen MR) is 84.5 cm³/mol. The van der Waals surface area contributed by atoms with Crippen LogP contribution in [0.15, 0.2) is 24.5 Å². The first-order valence-electron chi connectivity index (χ1n) is 7.42. The minimum Gasteiger partial charge on any atom is -0.360 e. The van der Waals surface area contributed by atoms with Gasteiger partial charge in [-0.05, 0) is 18.6 Å². The molecule has 0 saturated carbocycles. The van der Waals surface area contributed by atoms with Gasteiger partial charge < -0.3 is 10.2 Å². The molecule has 128 valence electrons. The van der Waals surface area contributed by atoms with Gasteiger partial charge in [-0.3, -0.25) is 4.79 Å². The van der Waals surface area contributed by atoms with Gasteiger partial charge in [0.15, 0.2) is 17.5 Å². The third-order valence-electron chi connectivity index (χ3n) is 3.41. The van der Waals surface area contributed by atoms with Gasteiger partial charge in [0.25, 0.3) is 5.91 Å². The van der Waals surface area contributed by atoms with Crippen LogP contribution in [-0.2, 0) is 0 Å². The van der Waals surface area contributed by atoms with Gasteiger partial charge in [0.2, 0.25) is 0 Å². The number of amides is 1. The van der Waals surface area contributed by atoms with Gasteiger partial charge in [-0.1, -0.05) is 13.3 Å². The molecule has 1 aromatic heterocycles. The van der Waals surface area contributed by atoms with Gasteiger partial charge in [0, 0.05) is 19.7 Å². The quantitative estimate of drug-likeness (QED) is 0.821. The maximum atomic E-state index is 13.6. The van der Waals surface area contributed by atoms with Crippen molar-refractivity contribution in [3.05, 3.63) is 47.7 Å². The number of unbranched alkanes of at least 4 members (excludes halogenated alkanes) is 1. The van der Waals surface area contributed by atoms with E-state index < -0.39 is 29.0 Å². The molecule has 0 aliphatic heterocycles. The second-order valence-corrected chi connectivity index (χ2v) is 5.21. The number of hydrogen-bond donors (Lipinski definition) is 1. The Balaban J connectivity index is 2.17. The van der Waals surface area contributed by atoms with Crippen molar-refractivity contribution < 1.29 is 18.0 Å². The van der Waals surface area contributed by atoms with E-state index in [4.69, 9.17) is 0 Å². The molecule has 0 saturated heterocycles. The van der Waals surface area contributed by atoms with E-state index in [2.05, 4.69) is 22.2 Å². The van der Waals surface area contributed by atoms with Crippen molar-refractivity contribution >= 4 is 17.4 Å². The van der Waals surface area contributed by atoms with Gasteiger partial charge in [0.1, 0.15) is 17.8 Å². The van der Waals surface area contributed by atoms with Crippen molar-refractivity contribution in [3.8, 4) is 0 Å². The van der Waals surface area contributed by atoms with E-state index >= 15 is 0 Å². The molecule has 2 aromatic rings. The fourth-order valence-electron chi connectivity index (χ4n) is 2.00. The summed E-state index contributed by atoms with van der Waals surface area (Å²) in [6.07, 6.45) is 3.19. The Kier molecular flexibility index (Phi) is 5.73. The molecule has 0 bridgehead atoms. The summed E-state index contributed by atoms with van der Waals surface area (Å²) >= 11 is 0. The fourth-order valence-corrected chi connectivity index (χ4v) is 2.00. The van der Waals surface area contributed by atoms with Crippen molar-refractivity contribution in [1.82, 2.24) is 9.97 Å². The normalized spacial score (nSPS) is 10.5. The molecule has 0 radical (unpaired) electrons. The molecule has 0 aliphatic carbocycles. The van der Waals surface area contributed by atoms with Crippen molar-refractivity contribution in [1.29, 1.82) is 0 Å². The van der Waals surface area contributed by atoms with Crippen LogP contribution in [0.5, 0.6) is 0 Å². The lowest BCUT2D eigenvalue weighted by atomic mass is 10.2. The first kappa shape index (κ1) is 17.7. The van der Waals surface area contributed by atoms with E-state index in [1.165, 1.54) is 12.4 Å². The van der Waals surface area contributed by atoms with E-state index in [1.807, 2.05) is 11.9 Å². The average Bonchev–Trinajstić information content (AvgIpc) is 2.60. The van der Waals surface area contributed by atoms with Crippen LogP contribution >= 0.6 is 0 Å². The first-order chi connectivity index (χ1) is 11.4. The van der Waals surface area contributed by atoms with Crippen LogP contribution in [0, 0.1) is 17.5 Å². The highest BCUT2D eigenvalue weighted by atomic mass is 19.2.